The van der Waals surface area contributed by atoms with Crippen LogP contribution in [0.3, 0.4) is 0 Å². The van der Waals surface area contributed by atoms with Crippen molar-refractivity contribution >= 4 is 15.9 Å². The highest BCUT2D eigenvalue weighted by Gasteiger charge is 2.00. The van der Waals surface area contributed by atoms with E-state index in [1.165, 1.54) is 0 Å². The maximum absolute atomic E-state index is 12.3. The first-order valence-electron chi connectivity index (χ1n) is 4.22. The molecule has 0 amide bonds. The molecule has 0 unspecified atom stereocenters. The van der Waals surface area contributed by atoms with E-state index in [-0.39, 0.29) is 6.61 Å². The van der Waals surface area contributed by atoms with Crippen LogP contribution in [0, 0.1) is 0 Å². The van der Waals surface area contributed by atoms with Gasteiger partial charge in [0.2, 0.25) is 0 Å². The van der Waals surface area contributed by atoms with E-state index in [1.807, 2.05) is 12.1 Å². The summed E-state index contributed by atoms with van der Waals surface area (Å²) in [7, 11) is 0. The molecule has 0 atom stereocenters. The van der Waals surface area contributed by atoms with E-state index < -0.39 is 6.67 Å². The van der Waals surface area contributed by atoms with Gasteiger partial charge in [0.1, 0.15) is 6.67 Å². The van der Waals surface area contributed by atoms with Gasteiger partial charge in [-0.15, -0.1) is 0 Å². The van der Waals surface area contributed by atoms with Crippen molar-refractivity contribution < 1.29 is 9.50 Å². The van der Waals surface area contributed by atoms with E-state index in [1.54, 1.807) is 6.07 Å². The summed E-state index contributed by atoms with van der Waals surface area (Å²) in [5.74, 6) is 0. The summed E-state index contributed by atoms with van der Waals surface area (Å²) in [6.07, 6.45) is 1.59. The van der Waals surface area contributed by atoms with Crippen molar-refractivity contribution in [2.24, 2.45) is 0 Å². The summed E-state index contributed by atoms with van der Waals surface area (Å²) in [6, 6.07) is 5.58. The van der Waals surface area contributed by atoms with Gasteiger partial charge in [0.05, 0.1) is 0 Å². The number of aliphatic hydroxyl groups is 1. The lowest BCUT2D eigenvalue weighted by molar-refractivity contribution is 0.288. The first-order chi connectivity index (χ1) is 6.27. The summed E-state index contributed by atoms with van der Waals surface area (Å²) >= 11 is 3.30. The summed E-state index contributed by atoms with van der Waals surface area (Å²) in [4.78, 5) is 0. The number of aryl methyl sites for hydroxylation is 1. The lowest BCUT2D eigenvalue weighted by Gasteiger charge is -2.03. The summed E-state index contributed by atoms with van der Waals surface area (Å²) in [6.45, 7) is -0.247. The van der Waals surface area contributed by atoms with Crippen molar-refractivity contribution in [1.82, 2.24) is 0 Å². The van der Waals surface area contributed by atoms with Crippen LogP contribution < -0.4 is 0 Å². The van der Waals surface area contributed by atoms with Gasteiger partial charge in [0.25, 0.3) is 0 Å². The molecule has 0 heterocycles. The Labute approximate surface area is 85.7 Å². The van der Waals surface area contributed by atoms with Gasteiger partial charge in [0.15, 0.2) is 0 Å². The third kappa shape index (κ3) is 3.08. The van der Waals surface area contributed by atoms with Crippen LogP contribution in [-0.4, -0.2) is 11.7 Å². The van der Waals surface area contributed by atoms with Gasteiger partial charge in [0, 0.05) is 11.1 Å². The predicted octanol–water partition coefficient (Wildman–Crippen LogP) is 2.84. The summed E-state index contributed by atoms with van der Waals surface area (Å²) < 4.78 is 13.1. The number of hydrogen-bond donors (Lipinski definition) is 1. The molecular weight excluding hydrogens is 235 g/mol. The summed E-state index contributed by atoms with van der Waals surface area (Å²) in [5.41, 5.74) is 1.80. The Bertz CT molecular complexity index is 276. The second kappa shape index (κ2) is 5.35. The third-order valence-electron chi connectivity index (χ3n) is 1.89. The number of hydrogen-bond acceptors (Lipinski definition) is 1. The minimum Gasteiger partial charge on any atom is -0.396 e. The van der Waals surface area contributed by atoms with Crippen LogP contribution in [0.4, 0.5) is 4.39 Å². The minimum atomic E-state index is -0.444. The first-order valence-corrected chi connectivity index (χ1v) is 5.01. The molecule has 0 aliphatic rings. The van der Waals surface area contributed by atoms with E-state index in [0.717, 1.165) is 22.9 Å². The Kier molecular flexibility index (Phi) is 4.39. The van der Waals surface area contributed by atoms with Gasteiger partial charge >= 0.3 is 0 Å². The molecule has 1 aromatic rings. The van der Waals surface area contributed by atoms with E-state index in [0.29, 0.717) is 5.56 Å². The maximum atomic E-state index is 12.3. The van der Waals surface area contributed by atoms with Crippen LogP contribution in [0.1, 0.15) is 17.5 Å². The molecular formula is C10H12BrFO. The zero-order chi connectivity index (χ0) is 9.68. The lowest BCUT2D eigenvalue weighted by Crippen LogP contribution is -1.91. The second-order valence-corrected chi connectivity index (χ2v) is 3.74. The molecule has 0 saturated carbocycles. The van der Waals surface area contributed by atoms with Crippen molar-refractivity contribution in [2.45, 2.75) is 19.5 Å². The lowest BCUT2D eigenvalue weighted by atomic mass is 10.1. The molecule has 1 nitrogen and oxygen atoms in total. The maximum Gasteiger partial charge on any atom is 0.116 e. The Balaban J connectivity index is 2.71. The highest BCUT2D eigenvalue weighted by molar-refractivity contribution is 9.10. The molecule has 0 spiro atoms. The minimum absolute atomic E-state index is 0.197. The number of halogens is 2. The van der Waals surface area contributed by atoms with Gasteiger partial charge in [-0.05, 0) is 30.0 Å². The molecule has 0 radical (unpaired) electrons. The van der Waals surface area contributed by atoms with Crippen molar-refractivity contribution in [3.63, 3.8) is 0 Å². The predicted molar refractivity (Wildman–Crippen MR) is 54.4 cm³/mol. The number of rotatable bonds is 4. The Morgan fingerprint density at radius 1 is 1.38 bits per heavy atom. The van der Waals surface area contributed by atoms with E-state index in [9.17, 15) is 4.39 Å². The molecule has 0 bridgehead atoms. The van der Waals surface area contributed by atoms with Crippen LogP contribution in [-0.2, 0) is 13.1 Å². The van der Waals surface area contributed by atoms with E-state index in [2.05, 4.69) is 15.9 Å². The SMILES string of the molecule is OCCCc1ccc(CF)c(Br)c1. The van der Waals surface area contributed by atoms with E-state index in [4.69, 9.17) is 5.11 Å². The molecule has 72 valence electrons. The molecule has 1 rings (SSSR count). The number of aliphatic hydroxyl groups excluding tert-OH is 1. The van der Waals surface area contributed by atoms with Gasteiger partial charge in [-0.3, -0.25) is 0 Å². The van der Waals surface area contributed by atoms with Crippen molar-refractivity contribution in [3.05, 3.63) is 33.8 Å². The average Bonchev–Trinajstić information content (AvgIpc) is 2.15. The van der Waals surface area contributed by atoms with Gasteiger partial charge in [-0.25, -0.2) is 4.39 Å². The highest BCUT2D eigenvalue weighted by atomic mass is 79.9. The van der Waals surface area contributed by atoms with Crippen LogP contribution in [0.2, 0.25) is 0 Å². The molecule has 13 heavy (non-hydrogen) atoms. The first kappa shape index (κ1) is 10.7. The molecule has 0 aliphatic heterocycles. The molecule has 1 N–H and O–H groups in total. The Morgan fingerprint density at radius 2 is 2.15 bits per heavy atom. The van der Waals surface area contributed by atoms with Gasteiger partial charge in [-0.2, -0.15) is 0 Å². The number of alkyl halides is 1. The van der Waals surface area contributed by atoms with Crippen LogP contribution >= 0.6 is 15.9 Å². The fourth-order valence-electron chi connectivity index (χ4n) is 1.14. The second-order valence-electron chi connectivity index (χ2n) is 2.89. The smallest absolute Gasteiger partial charge is 0.116 e. The standard InChI is InChI=1S/C10H12BrFO/c11-10-6-8(2-1-5-13)3-4-9(10)7-12/h3-4,6,13H,1-2,5,7H2. The molecule has 0 saturated heterocycles. The zero-order valence-electron chi connectivity index (χ0n) is 7.26. The normalized spacial score (nSPS) is 10.4. The summed E-state index contributed by atoms with van der Waals surface area (Å²) in [5, 5.41) is 8.63. The fourth-order valence-corrected chi connectivity index (χ4v) is 1.67. The Hall–Kier alpha value is -0.410. The molecule has 3 heteroatoms. The van der Waals surface area contributed by atoms with Crippen molar-refractivity contribution in [1.29, 1.82) is 0 Å². The molecule has 0 aromatic heterocycles. The van der Waals surface area contributed by atoms with E-state index >= 15 is 0 Å². The van der Waals surface area contributed by atoms with Gasteiger partial charge in [-0.1, -0.05) is 28.1 Å². The van der Waals surface area contributed by atoms with Crippen LogP contribution in [0.5, 0.6) is 0 Å². The van der Waals surface area contributed by atoms with Crippen molar-refractivity contribution in [2.75, 3.05) is 6.61 Å². The van der Waals surface area contributed by atoms with Crippen LogP contribution in [0.15, 0.2) is 22.7 Å². The molecule has 1 aromatic carbocycles. The van der Waals surface area contributed by atoms with Crippen LogP contribution in [0.25, 0.3) is 0 Å². The zero-order valence-corrected chi connectivity index (χ0v) is 8.85. The third-order valence-corrected chi connectivity index (χ3v) is 2.62. The molecule has 0 aliphatic carbocycles. The largest absolute Gasteiger partial charge is 0.396 e. The van der Waals surface area contributed by atoms with Crippen molar-refractivity contribution in [3.8, 4) is 0 Å². The molecule has 0 fully saturated rings. The fraction of sp³-hybridized carbons (Fsp3) is 0.400. The quantitative estimate of drug-likeness (QED) is 0.867. The van der Waals surface area contributed by atoms with Gasteiger partial charge < -0.3 is 5.11 Å². The monoisotopic (exact) mass is 246 g/mol. The number of benzene rings is 1. The topological polar surface area (TPSA) is 20.2 Å². The Morgan fingerprint density at radius 3 is 2.69 bits per heavy atom. The highest BCUT2D eigenvalue weighted by Crippen LogP contribution is 2.20. The average molecular weight is 247 g/mol.